The Hall–Kier alpha value is -2.99. The number of carbonyl (C=O) groups excluding carboxylic acids is 2. The van der Waals surface area contributed by atoms with Gasteiger partial charge in [-0.25, -0.2) is 0 Å². The first-order valence-electron chi connectivity index (χ1n) is 10.5. The van der Waals surface area contributed by atoms with Crippen molar-refractivity contribution in [2.75, 3.05) is 19.6 Å². The number of benzene rings is 2. The zero-order valence-electron chi connectivity index (χ0n) is 17.8. The molecule has 1 aliphatic rings. The number of imide groups is 1. The minimum atomic E-state index is -0.607. The van der Waals surface area contributed by atoms with Crippen molar-refractivity contribution >= 4 is 17.5 Å². The Balaban J connectivity index is 1.95. The second-order valence-corrected chi connectivity index (χ2v) is 7.62. The Kier molecular flexibility index (Phi) is 7.00. The summed E-state index contributed by atoms with van der Waals surface area (Å²) < 4.78 is 0. The number of phenolic OH excluding ortho intramolecular Hbond substituents is 1. The fraction of sp³-hybridized carbons (Fsp3) is 0.375. The van der Waals surface area contributed by atoms with E-state index in [2.05, 4.69) is 23.8 Å². The molecular formula is C24H29N3O3. The van der Waals surface area contributed by atoms with E-state index in [1.807, 2.05) is 19.1 Å². The molecule has 0 spiro atoms. The summed E-state index contributed by atoms with van der Waals surface area (Å²) in [5, 5.41) is 15.7. The molecule has 0 radical (unpaired) electrons. The van der Waals surface area contributed by atoms with E-state index >= 15 is 0 Å². The molecule has 0 aromatic heterocycles. The molecular weight excluding hydrogens is 378 g/mol. The number of unbranched alkanes of at least 4 members (excludes halogenated alkanes) is 1. The molecule has 0 saturated carbocycles. The summed E-state index contributed by atoms with van der Waals surface area (Å²) in [6.45, 7) is 8.25. The molecule has 0 unspecified atom stereocenters. The van der Waals surface area contributed by atoms with Crippen molar-refractivity contribution in [3.05, 3.63) is 65.2 Å². The van der Waals surface area contributed by atoms with Gasteiger partial charge < -0.3 is 10.0 Å². The molecule has 2 aromatic carbocycles. The monoisotopic (exact) mass is 407 g/mol. The molecule has 0 bridgehead atoms. The van der Waals surface area contributed by atoms with Crippen molar-refractivity contribution in [2.24, 2.45) is 11.0 Å². The van der Waals surface area contributed by atoms with Gasteiger partial charge in [-0.1, -0.05) is 50.1 Å². The maximum Gasteiger partial charge on any atom is 0.281 e. The maximum absolute atomic E-state index is 13.3. The molecule has 2 aromatic rings. The lowest BCUT2D eigenvalue weighted by Gasteiger charge is -2.24. The Morgan fingerprint density at radius 2 is 1.83 bits per heavy atom. The summed E-state index contributed by atoms with van der Waals surface area (Å²) in [4.78, 5) is 28.5. The van der Waals surface area contributed by atoms with Crippen LogP contribution in [0.15, 0.2) is 53.6 Å². The van der Waals surface area contributed by atoms with Crippen LogP contribution in [0.2, 0.25) is 0 Å². The van der Waals surface area contributed by atoms with Gasteiger partial charge in [-0.3, -0.25) is 9.59 Å². The van der Waals surface area contributed by atoms with Gasteiger partial charge in [0.25, 0.3) is 11.8 Å². The van der Waals surface area contributed by atoms with E-state index < -0.39 is 11.8 Å². The zero-order chi connectivity index (χ0) is 21.7. The van der Waals surface area contributed by atoms with E-state index in [1.54, 1.807) is 36.4 Å². The highest BCUT2D eigenvalue weighted by atomic mass is 16.3. The maximum atomic E-state index is 13.3. The summed E-state index contributed by atoms with van der Waals surface area (Å²) in [5.41, 5.74) is 2.37. The first kappa shape index (κ1) is 21.7. The third-order valence-electron chi connectivity index (χ3n) is 5.43. The summed E-state index contributed by atoms with van der Waals surface area (Å²) >= 11 is 0. The first-order valence-corrected chi connectivity index (χ1v) is 10.5. The van der Waals surface area contributed by atoms with Crippen molar-refractivity contribution in [2.45, 2.75) is 33.6 Å². The summed E-state index contributed by atoms with van der Waals surface area (Å²) in [5.74, 6) is -1.36. The van der Waals surface area contributed by atoms with Gasteiger partial charge >= 0.3 is 0 Å². The molecule has 30 heavy (non-hydrogen) atoms. The molecule has 2 amide bonds. The van der Waals surface area contributed by atoms with Gasteiger partial charge in [0, 0.05) is 17.7 Å². The standard InChI is InChI=1S/C24H29N3O3/c1-4-6-15-26(5-2)16-20-22(19-9-7-8-10-21(19)28)25-27(24(20)30)23(29)18-13-11-17(3)12-14-18/h7-14,20,28H,4-6,15-16H2,1-3H3/t20-/m1/s1. The molecule has 158 valence electrons. The zero-order valence-corrected chi connectivity index (χ0v) is 17.8. The molecule has 3 rings (SSSR count). The van der Waals surface area contributed by atoms with Crippen molar-refractivity contribution in [1.29, 1.82) is 0 Å². The van der Waals surface area contributed by atoms with Gasteiger partial charge in [0.1, 0.15) is 5.75 Å². The van der Waals surface area contributed by atoms with Crippen molar-refractivity contribution in [3.63, 3.8) is 0 Å². The largest absolute Gasteiger partial charge is 0.507 e. The molecule has 1 atom stereocenters. The molecule has 1 N–H and O–H groups in total. The van der Waals surface area contributed by atoms with E-state index in [-0.39, 0.29) is 11.7 Å². The average Bonchev–Trinajstić information content (AvgIpc) is 3.07. The highest BCUT2D eigenvalue weighted by Gasteiger charge is 2.41. The number of hydrazone groups is 1. The Morgan fingerprint density at radius 1 is 1.13 bits per heavy atom. The average molecular weight is 408 g/mol. The minimum absolute atomic E-state index is 0.0512. The SMILES string of the molecule is CCCCN(CC)C[C@H]1C(=O)N(C(=O)c2ccc(C)cc2)N=C1c1ccccc1O. The third-order valence-corrected chi connectivity index (χ3v) is 5.43. The Labute approximate surface area is 177 Å². The van der Waals surface area contributed by atoms with Crippen LogP contribution in [0, 0.1) is 12.8 Å². The highest BCUT2D eigenvalue weighted by Crippen LogP contribution is 2.28. The molecule has 6 nitrogen and oxygen atoms in total. The summed E-state index contributed by atoms with van der Waals surface area (Å²) in [6, 6.07) is 13.9. The molecule has 1 heterocycles. The van der Waals surface area contributed by atoms with E-state index in [9.17, 15) is 14.7 Å². The predicted octanol–water partition coefficient (Wildman–Crippen LogP) is 3.83. The minimum Gasteiger partial charge on any atom is -0.507 e. The number of aryl methyl sites for hydroxylation is 1. The summed E-state index contributed by atoms with van der Waals surface area (Å²) in [7, 11) is 0. The van der Waals surface area contributed by atoms with Gasteiger partial charge in [-0.15, -0.1) is 0 Å². The number of carbonyl (C=O) groups is 2. The van der Waals surface area contributed by atoms with Crippen LogP contribution in [-0.2, 0) is 4.79 Å². The number of phenols is 1. The van der Waals surface area contributed by atoms with Crippen LogP contribution in [0.1, 0.15) is 48.2 Å². The lowest BCUT2D eigenvalue weighted by Crippen LogP contribution is -2.40. The lowest BCUT2D eigenvalue weighted by atomic mass is 9.95. The smallest absolute Gasteiger partial charge is 0.281 e. The molecule has 1 aliphatic heterocycles. The van der Waals surface area contributed by atoms with Crippen LogP contribution in [0.3, 0.4) is 0 Å². The normalized spacial score (nSPS) is 16.3. The van der Waals surface area contributed by atoms with Crippen LogP contribution in [0.4, 0.5) is 0 Å². The number of amides is 2. The van der Waals surface area contributed by atoms with E-state index in [1.165, 1.54) is 0 Å². The number of rotatable bonds is 8. The quantitative estimate of drug-likeness (QED) is 0.675. The van der Waals surface area contributed by atoms with Crippen LogP contribution in [-0.4, -0.2) is 52.2 Å². The van der Waals surface area contributed by atoms with Gasteiger partial charge in [-0.2, -0.15) is 10.1 Å². The van der Waals surface area contributed by atoms with Crippen LogP contribution < -0.4 is 0 Å². The topological polar surface area (TPSA) is 73.2 Å². The number of para-hydroxylation sites is 1. The van der Waals surface area contributed by atoms with E-state index in [4.69, 9.17) is 0 Å². The molecule has 6 heteroatoms. The lowest BCUT2D eigenvalue weighted by molar-refractivity contribution is -0.129. The van der Waals surface area contributed by atoms with Crippen LogP contribution in [0.5, 0.6) is 5.75 Å². The fourth-order valence-corrected chi connectivity index (χ4v) is 3.57. The molecule has 0 aliphatic carbocycles. The Morgan fingerprint density at radius 3 is 2.47 bits per heavy atom. The van der Waals surface area contributed by atoms with E-state index in [0.29, 0.717) is 23.4 Å². The van der Waals surface area contributed by atoms with Crippen molar-refractivity contribution in [3.8, 4) is 5.75 Å². The molecule has 0 saturated heterocycles. The van der Waals surface area contributed by atoms with Gasteiger partial charge in [0.05, 0.1) is 11.6 Å². The predicted molar refractivity (Wildman–Crippen MR) is 118 cm³/mol. The first-order chi connectivity index (χ1) is 14.5. The van der Waals surface area contributed by atoms with Gasteiger partial charge in [-0.05, 0) is 50.7 Å². The highest BCUT2D eigenvalue weighted by molar-refractivity contribution is 6.22. The number of nitrogens with zero attached hydrogens (tertiary/aromatic N) is 3. The van der Waals surface area contributed by atoms with Gasteiger partial charge in [0.15, 0.2) is 0 Å². The number of hydrogen-bond acceptors (Lipinski definition) is 5. The Bertz CT molecular complexity index is 937. The number of aromatic hydroxyl groups is 1. The molecule has 0 fully saturated rings. The second-order valence-electron chi connectivity index (χ2n) is 7.62. The summed E-state index contributed by atoms with van der Waals surface area (Å²) in [6.07, 6.45) is 2.09. The number of hydrogen-bond donors (Lipinski definition) is 1. The van der Waals surface area contributed by atoms with Gasteiger partial charge in [0.2, 0.25) is 0 Å². The van der Waals surface area contributed by atoms with E-state index in [0.717, 1.165) is 36.5 Å². The van der Waals surface area contributed by atoms with Crippen LogP contribution in [0.25, 0.3) is 0 Å². The van der Waals surface area contributed by atoms with Crippen LogP contribution >= 0.6 is 0 Å². The van der Waals surface area contributed by atoms with Crippen molar-refractivity contribution in [1.82, 2.24) is 9.91 Å². The third kappa shape index (κ3) is 4.60. The second kappa shape index (κ2) is 9.67. The van der Waals surface area contributed by atoms with Crippen molar-refractivity contribution < 1.29 is 14.7 Å². The fourth-order valence-electron chi connectivity index (χ4n) is 3.57.